The molecule has 0 radical (unpaired) electrons. The minimum absolute atomic E-state index is 0.00157. The highest BCUT2D eigenvalue weighted by Crippen LogP contribution is 2.18. The average Bonchev–Trinajstić information content (AvgIpc) is 2.78. The number of nitrogens with one attached hydrogen (secondary N) is 1. The maximum absolute atomic E-state index is 12.7. The van der Waals surface area contributed by atoms with Gasteiger partial charge in [-0.2, -0.15) is 4.98 Å². The summed E-state index contributed by atoms with van der Waals surface area (Å²) in [6.45, 7) is 1.92. The predicted octanol–water partition coefficient (Wildman–Crippen LogP) is 2.16. The Morgan fingerprint density at radius 3 is 2.62 bits per heavy atom. The Morgan fingerprint density at radius 1 is 1.31 bits per heavy atom. The lowest BCUT2D eigenvalue weighted by molar-refractivity contribution is 0.347. The molecule has 0 saturated carbocycles. The Kier molecular flexibility index (Phi) is 2.96. The first-order valence-electron chi connectivity index (χ1n) is 4.97. The number of hydrogen-bond acceptors (Lipinski definition) is 4. The van der Waals surface area contributed by atoms with E-state index in [1.54, 1.807) is 12.1 Å². The summed E-state index contributed by atoms with van der Waals surface area (Å²) in [4.78, 5) is 4.22. The summed E-state index contributed by atoms with van der Waals surface area (Å²) in [6.07, 6.45) is 0. The zero-order chi connectivity index (χ0) is 11.5. The number of nitrogens with zero attached hydrogens (tertiary/aromatic N) is 2. The average molecular weight is 221 g/mol. The molecule has 1 atom stereocenters. The van der Waals surface area contributed by atoms with Crippen LogP contribution < -0.4 is 5.32 Å². The molecule has 5 heteroatoms. The van der Waals surface area contributed by atoms with Gasteiger partial charge in [-0.15, -0.1) is 0 Å². The molecule has 1 aromatic heterocycles. The van der Waals surface area contributed by atoms with Gasteiger partial charge in [0.1, 0.15) is 5.82 Å². The molecular formula is C11H12FN3O. The monoisotopic (exact) mass is 221 g/mol. The normalized spacial score (nSPS) is 12.7. The lowest BCUT2D eigenvalue weighted by Crippen LogP contribution is -2.12. The van der Waals surface area contributed by atoms with Crippen LogP contribution in [-0.2, 0) is 0 Å². The summed E-state index contributed by atoms with van der Waals surface area (Å²) in [5.41, 5.74) is 0.736. The molecule has 0 amide bonds. The highest BCUT2D eigenvalue weighted by molar-refractivity contribution is 5.53. The molecule has 0 aliphatic rings. The van der Waals surface area contributed by atoms with Crippen LogP contribution in [0.4, 0.5) is 4.39 Å². The van der Waals surface area contributed by atoms with Gasteiger partial charge >= 0.3 is 0 Å². The fraction of sp³-hybridized carbons (Fsp3) is 0.273. The van der Waals surface area contributed by atoms with Gasteiger partial charge < -0.3 is 9.84 Å². The quantitative estimate of drug-likeness (QED) is 0.862. The van der Waals surface area contributed by atoms with E-state index in [4.69, 9.17) is 4.52 Å². The van der Waals surface area contributed by atoms with Crippen LogP contribution in [0.2, 0.25) is 0 Å². The molecule has 0 fully saturated rings. The van der Waals surface area contributed by atoms with Gasteiger partial charge in [-0.3, -0.25) is 0 Å². The van der Waals surface area contributed by atoms with E-state index in [1.165, 1.54) is 12.1 Å². The summed E-state index contributed by atoms with van der Waals surface area (Å²) < 4.78 is 17.8. The highest BCUT2D eigenvalue weighted by atomic mass is 19.1. The topological polar surface area (TPSA) is 51.0 Å². The smallest absolute Gasteiger partial charge is 0.243 e. The van der Waals surface area contributed by atoms with Crippen LogP contribution >= 0.6 is 0 Å². The molecule has 16 heavy (non-hydrogen) atoms. The highest BCUT2D eigenvalue weighted by Gasteiger charge is 2.13. The van der Waals surface area contributed by atoms with E-state index < -0.39 is 0 Å². The largest absolute Gasteiger partial charge is 0.337 e. The SMILES string of the molecule is CNC(C)c1nc(-c2ccc(F)cc2)no1. The Morgan fingerprint density at radius 2 is 2.00 bits per heavy atom. The number of aromatic nitrogens is 2. The van der Waals surface area contributed by atoms with Gasteiger partial charge in [0.05, 0.1) is 6.04 Å². The standard InChI is InChI=1S/C11H12FN3O/c1-7(13-2)11-14-10(15-16-11)8-3-5-9(12)6-4-8/h3-7,13H,1-2H3. The van der Waals surface area contributed by atoms with E-state index in [-0.39, 0.29) is 11.9 Å². The number of hydrogen-bond donors (Lipinski definition) is 1. The molecule has 2 aromatic rings. The van der Waals surface area contributed by atoms with Crippen LogP contribution in [0.25, 0.3) is 11.4 Å². The van der Waals surface area contributed by atoms with Crippen molar-refractivity contribution in [2.45, 2.75) is 13.0 Å². The Hall–Kier alpha value is -1.75. The number of benzene rings is 1. The molecule has 1 heterocycles. The number of rotatable bonds is 3. The van der Waals surface area contributed by atoms with Gasteiger partial charge in [-0.25, -0.2) is 4.39 Å². The Bertz CT molecular complexity index is 466. The first-order valence-corrected chi connectivity index (χ1v) is 4.97. The second kappa shape index (κ2) is 4.40. The van der Waals surface area contributed by atoms with Crippen LogP contribution in [0, 0.1) is 5.82 Å². The molecule has 0 bridgehead atoms. The molecule has 1 N–H and O–H groups in total. The zero-order valence-electron chi connectivity index (χ0n) is 9.07. The predicted molar refractivity (Wildman–Crippen MR) is 57.2 cm³/mol. The first-order chi connectivity index (χ1) is 7.70. The summed E-state index contributed by atoms with van der Waals surface area (Å²) >= 11 is 0. The van der Waals surface area contributed by atoms with Crippen molar-refractivity contribution in [3.63, 3.8) is 0 Å². The lowest BCUT2D eigenvalue weighted by atomic mass is 10.2. The van der Waals surface area contributed by atoms with E-state index in [1.807, 2.05) is 14.0 Å². The Labute approximate surface area is 92.5 Å². The molecular weight excluding hydrogens is 209 g/mol. The molecule has 2 rings (SSSR count). The van der Waals surface area contributed by atoms with Crippen molar-refractivity contribution in [3.05, 3.63) is 36.0 Å². The van der Waals surface area contributed by atoms with Crippen molar-refractivity contribution in [2.24, 2.45) is 0 Å². The molecule has 4 nitrogen and oxygen atoms in total. The van der Waals surface area contributed by atoms with Crippen LogP contribution in [0.5, 0.6) is 0 Å². The van der Waals surface area contributed by atoms with Crippen LogP contribution in [0.3, 0.4) is 0 Å². The first kappa shape index (κ1) is 10.8. The maximum atomic E-state index is 12.7. The fourth-order valence-corrected chi connectivity index (χ4v) is 1.25. The lowest BCUT2D eigenvalue weighted by Gasteiger charge is -2.01. The second-order valence-corrected chi connectivity index (χ2v) is 3.47. The Balaban J connectivity index is 2.28. The molecule has 0 spiro atoms. The maximum Gasteiger partial charge on any atom is 0.243 e. The number of halogens is 1. The zero-order valence-corrected chi connectivity index (χ0v) is 9.07. The van der Waals surface area contributed by atoms with Crippen LogP contribution in [0.15, 0.2) is 28.8 Å². The summed E-state index contributed by atoms with van der Waals surface area (Å²) in [5, 5.41) is 6.84. The van der Waals surface area contributed by atoms with E-state index in [2.05, 4.69) is 15.5 Å². The minimum Gasteiger partial charge on any atom is -0.337 e. The third kappa shape index (κ3) is 2.09. The van der Waals surface area contributed by atoms with Gasteiger partial charge in [-0.1, -0.05) is 5.16 Å². The van der Waals surface area contributed by atoms with Crippen molar-refractivity contribution in [1.82, 2.24) is 15.5 Å². The van der Waals surface area contributed by atoms with Crippen LogP contribution in [0.1, 0.15) is 18.9 Å². The van der Waals surface area contributed by atoms with Crippen molar-refractivity contribution in [2.75, 3.05) is 7.05 Å². The second-order valence-electron chi connectivity index (χ2n) is 3.47. The van der Waals surface area contributed by atoms with E-state index in [9.17, 15) is 4.39 Å². The van der Waals surface area contributed by atoms with Crippen molar-refractivity contribution in [1.29, 1.82) is 0 Å². The molecule has 84 valence electrons. The van der Waals surface area contributed by atoms with Gasteiger partial charge in [-0.05, 0) is 38.2 Å². The summed E-state index contributed by atoms with van der Waals surface area (Å²) in [7, 11) is 1.81. The third-order valence-electron chi connectivity index (χ3n) is 2.35. The molecule has 1 aromatic carbocycles. The van der Waals surface area contributed by atoms with Crippen molar-refractivity contribution in [3.8, 4) is 11.4 Å². The van der Waals surface area contributed by atoms with Gasteiger partial charge in [0.2, 0.25) is 11.7 Å². The van der Waals surface area contributed by atoms with Gasteiger partial charge in [0, 0.05) is 5.56 Å². The molecule has 1 unspecified atom stereocenters. The van der Waals surface area contributed by atoms with Gasteiger partial charge in [0.25, 0.3) is 0 Å². The minimum atomic E-state index is -0.281. The fourth-order valence-electron chi connectivity index (χ4n) is 1.25. The van der Waals surface area contributed by atoms with Gasteiger partial charge in [0.15, 0.2) is 0 Å². The van der Waals surface area contributed by atoms with E-state index >= 15 is 0 Å². The third-order valence-corrected chi connectivity index (χ3v) is 2.35. The molecule has 0 aliphatic carbocycles. The molecule has 0 aliphatic heterocycles. The van der Waals surface area contributed by atoms with Crippen molar-refractivity contribution < 1.29 is 8.91 Å². The van der Waals surface area contributed by atoms with E-state index in [0.717, 1.165) is 5.56 Å². The molecule has 0 saturated heterocycles. The van der Waals surface area contributed by atoms with Crippen molar-refractivity contribution >= 4 is 0 Å². The summed E-state index contributed by atoms with van der Waals surface area (Å²) in [6, 6.07) is 5.98. The van der Waals surface area contributed by atoms with E-state index in [0.29, 0.717) is 11.7 Å². The van der Waals surface area contributed by atoms with Crippen LogP contribution in [-0.4, -0.2) is 17.2 Å². The summed E-state index contributed by atoms with van der Waals surface area (Å²) in [5.74, 6) is 0.704.